The van der Waals surface area contributed by atoms with Gasteiger partial charge in [0.05, 0.1) is 19.5 Å². The van der Waals surface area contributed by atoms with Crippen LogP contribution in [0.15, 0.2) is 18.7 Å². The Morgan fingerprint density at radius 3 is 3.13 bits per heavy atom. The van der Waals surface area contributed by atoms with Gasteiger partial charge in [0.15, 0.2) is 0 Å². The highest BCUT2D eigenvalue weighted by Gasteiger charge is 2.13. The van der Waals surface area contributed by atoms with Gasteiger partial charge in [-0.1, -0.05) is 12.2 Å². The third kappa shape index (κ3) is 3.00. The van der Waals surface area contributed by atoms with Gasteiger partial charge in [-0.3, -0.25) is 0 Å². The van der Waals surface area contributed by atoms with E-state index in [0.29, 0.717) is 6.61 Å². The number of thiocarbonyl (C=S) groups is 1. The molecule has 1 fully saturated rings. The van der Waals surface area contributed by atoms with E-state index in [1.807, 2.05) is 12.5 Å². The number of morpholine rings is 1. The number of rotatable bonds is 4. The molecule has 0 atom stereocenters. The summed E-state index contributed by atoms with van der Waals surface area (Å²) < 4.78 is 7.35. The van der Waals surface area contributed by atoms with Crippen LogP contribution in [0.4, 0.5) is 0 Å². The van der Waals surface area contributed by atoms with E-state index in [0.717, 1.165) is 37.7 Å². The molecule has 0 amide bonds. The van der Waals surface area contributed by atoms with E-state index >= 15 is 0 Å². The molecule has 1 saturated heterocycles. The molecule has 2 heterocycles. The van der Waals surface area contributed by atoms with Crippen LogP contribution in [0.25, 0.3) is 0 Å². The average molecular weight is 225 g/mol. The zero-order valence-electron chi connectivity index (χ0n) is 8.63. The fraction of sp³-hybridized carbons (Fsp3) is 0.600. The second kappa shape index (κ2) is 5.23. The van der Waals surface area contributed by atoms with Crippen LogP contribution in [0.2, 0.25) is 0 Å². The maximum absolute atomic E-state index is 5.27. The first-order chi connectivity index (χ1) is 7.36. The average Bonchev–Trinajstić information content (AvgIpc) is 2.74. The molecule has 0 aliphatic carbocycles. The Hall–Kier alpha value is -0.940. The maximum atomic E-state index is 5.27. The number of hydrogen-bond acceptors (Lipinski definition) is 3. The van der Waals surface area contributed by atoms with Crippen molar-refractivity contribution in [1.82, 2.24) is 14.5 Å². The van der Waals surface area contributed by atoms with Crippen molar-refractivity contribution in [2.45, 2.75) is 13.0 Å². The lowest BCUT2D eigenvalue weighted by Gasteiger charge is -2.29. The molecule has 5 heteroatoms. The second-order valence-corrected chi connectivity index (χ2v) is 4.06. The monoisotopic (exact) mass is 225 g/mol. The van der Waals surface area contributed by atoms with Crippen molar-refractivity contribution in [3.8, 4) is 0 Å². The summed E-state index contributed by atoms with van der Waals surface area (Å²) in [7, 11) is 0. The number of nitrogens with zero attached hydrogens (tertiary/aromatic N) is 3. The number of ether oxygens (including phenoxy) is 1. The predicted octanol–water partition coefficient (Wildman–Crippen LogP) is 0.933. The van der Waals surface area contributed by atoms with E-state index in [1.165, 1.54) is 0 Å². The lowest BCUT2D eigenvalue weighted by molar-refractivity contribution is 0.118. The van der Waals surface area contributed by atoms with Crippen LogP contribution in [-0.2, 0) is 11.3 Å². The van der Waals surface area contributed by atoms with Gasteiger partial charge in [0.2, 0.25) is 0 Å². The Kier molecular flexibility index (Phi) is 3.69. The summed E-state index contributed by atoms with van der Waals surface area (Å²) >= 11 is 5.22. The van der Waals surface area contributed by atoms with E-state index in [9.17, 15) is 0 Å². The number of hydrogen-bond donors (Lipinski definition) is 0. The third-order valence-corrected chi connectivity index (χ3v) is 2.86. The topological polar surface area (TPSA) is 30.3 Å². The Balaban J connectivity index is 1.71. The minimum atomic E-state index is 0.612. The van der Waals surface area contributed by atoms with Gasteiger partial charge in [0, 0.05) is 32.0 Å². The highest BCUT2D eigenvalue weighted by Crippen LogP contribution is 2.03. The summed E-state index contributed by atoms with van der Waals surface area (Å²) in [6, 6.07) is 0. The molecule has 0 radical (unpaired) electrons. The highest BCUT2D eigenvalue weighted by molar-refractivity contribution is 7.80. The minimum absolute atomic E-state index is 0.612. The predicted molar refractivity (Wildman–Crippen MR) is 61.8 cm³/mol. The van der Waals surface area contributed by atoms with Gasteiger partial charge in [-0.15, -0.1) is 0 Å². The molecule has 0 unspecified atom stereocenters. The molecule has 0 spiro atoms. The lowest BCUT2D eigenvalue weighted by Crippen LogP contribution is -2.41. The standard InChI is InChI=1S/C10H15N3OS/c15-10-8-14-7-6-13(10)4-1-3-12-5-2-11-9-12/h2,5,9H,1,3-4,6-8H2. The molecule has 1 aliphatic heterocycles. The first-order valence-corrected chi connectivity index (χ1v) is 5.58. The molecule has 0 saturated carbocycles. The van der Waals surface area contributed by atoms with Gasteiger partial charge >= 0.3 is 0 Å². The van der Waals surface area contributed by atoms with Crippen molar-refractivity contribution in [3.63, 3.8) is 0 Å². The van der Waals surface area contributed by atoms with Crippen LogP contribution in [-0.4, -0.2) is 45.7 Å². The SMILES string of the molecule is S=C1COCCN1CCCn1ccnc1. The van der Waals surface area contributed by atoms with Crippen LogP contribution < -0.4 is 0 Å². The van der Waals surface area contributed by atoms with E-state index in [4.69, 9.17) is 17.0 Å². The largest absolute Gasteiger partial charge is 0.372 e. The summed E-state index contributed by atoms with van der Waals surface area (Å²) in [6.07, 6.45) is 6.73. The smallest absolute Gasteiger partial charge is 0.104 e. The van der Waals surface area contributed by atoms with Crippen LogP contribution in [0.1, 0.15) is 6.42 Å². The van der Waals surface area contributed by atoms with E-state index in [2.05, 4.69) is 14.5 Å². The van der Waals surface area contributed by atoms with Crippen molar-refractivity contribution in [3.05, 3.63) is 18.7 Å². The second-order valence-electron chi connectivity index (χ2n) is 3.59. The summed E-state index contributed by atoms with van der Waals surface area (Å²) in [5.41, 5.74) is 0. The van der Waals surface area contributed by atoms with Gasteiger partial charge in [0.25, 0.3) is 0 Å². The lowest BCUT2D eigenvalue weighted by atomic mass is 10.3. The summed E-state index contributed by atoms with van der Waals surface area (Å²) in [4.78, 5) is 7.17. The zero-order chi connectivity index (χ0) is 10.5. The fourth-order valence-corrected chi connectivity index (χ4v) is 1.92. The third-order valence-electron chi connectivity index (χ3n) is 2.49. The normalized spacial score (nSPS) is 17.1. The molecule has 2 rings (SSSR count). The first kappa shape index (κ1) is 10.6. The molecular weight excluding hydrogens is 210 g/mol. The highest BCUT2D eigenvalue weighted by atomic mass is 32.1. The molecule has 0 bridgehead atoms. The number of imidazole rings is 1. The van der Waals surface area contributed by atoms with Gasteiger partial charge < -0.3 is 14.2 Å². The van der Waals surface area contributed by atoms with E-state index in [1.54, 1.807) is 6.20 Å². The van der Waals surface area contributed by atoms with Crippen LogP contribution in [0.5, 0.6) is 0 Å². The molecule has 1 aromatic rings. The first-order valence-electron chi connectivity index (χ1n) is 5.17. The molecule has 82 valence electrons. The molecule has 0 aromatic carbocycles. The van der Waals surface area contributed by atoms with Crippen LogP contribution in [0.3, 0.4) is 0 Å². The zero-order valence-corrected chi connectivity index (χ0v) is 9.45. The Bertz CT molecular complexity index is 312. The van der Waals surface area contributed by atoms with Crippen LogP contribution >= 0.6 is 12.2 Å². The molecule has 15 heavy (non-hydrogen) atoms. The van der Waals surface area contributed by atoms with Crippen molar-refractivity contribution in [1.29, 1.82) is 0 Å². The number of aromatic nitrogens is 2. The van der Waals surface area contributed by atoms with Gasteiger partial charge in [-0.25, -0.2) is 4.98 Å². The van der Waals surface area contributed by atoms with Gasteiger partial charge in [-0.2, -0.15) is 0 Å². The van der Waals surface area contributed by atoms with Gasteiger partial charge in [-0.05, 0) is 6.42 Å². The Morgan fingerprint density at radius 2 is 2.40 bits per heavy atom. The minimum Gasteiger partial charge on any atom is -0.372 e. The maximum Gasteiger partial charge on any atom is 0.104 e. The van der Waals surface area contributed by atoms with Crippen molar-refractivity contribution in [2.24, 2.45) is 0 Å². The van der Waals surface area contributed by atoms with Crippen molar-refractivity contribution >= 4 is 17.2 Å². The molecule has 1 aromatic heterocycles. The molecular formula is C10H15N3OS. The Labute approximate surface area is 94.9 Å². The summed E-state index contributed by atoms with van der Waals surface area (Å²) in [6.45, 7) is 4.36. The number of aryl methyl sites for hydroxylation is 1. The van der Waals surface area contributed by atoms with E-state index in [-0.39, 0.29) is 0 Å². The Morgan fingerprint density at radius 1 is 1.47 bits per heavy atom. The summed E-state index contributed by atoms with van der Waals surface area (Å²) in [5, 5.41) is 0. The molecule has 0 N–H and O–H groups in total. The van der Waals surface area contributed by atoms with Crippen molar-refractivity contribution in [2.75, 3.05) is 26.3 Å². The van der Waals surface area contributed by atoms with Crippen LogP contribution in [0, 0.1) is 0 Å². The summed E-state index contributed by atoms with van der Waals surface area (Å²) in [5.74, 6) is 0. The molecule has 4 nitrogen and oxygen atoms in total. The van der Waals surface area contributed by atoms with Crippen molar-refractivity contribution < 1.29 is 4.74 Å². The van der Waals surface area contributed by atoms with E-state index < -0.39 is 0 Å². The quantitative estimate of drug-likeness (QED) is 0.713. The fourth-order valence-electron chi connectivity index (χ4n) is 1.65. The van der Waals surface area contributed by atoms with Gasteiger partial charge in [0.1, 0.15) is 4.99 Å². The molecule has 1 aliphatic rings.